The number of carbonyl (C=O) groups excluding carboxylic acids is 1. The Morgan fingerprint density at radius 1 is 0.581 bits per heavy atom. The van der Waals surface area contributed by atoms with Crippen molar-refractivity contribution in [2.45, 2.75) is 161 Å². The van der Waals surface area contributed by atoms with E-state index in [4.69, 9.17) is 9.47 Å². The van der Waals surface area contributed by atoms with E-state index in [9.17, 15) is 9.90 Å². The van der Waals surface area contributed by atoms with Gasteiger partial charge in [-0.15, -0.1) is 0 Å². The molecule has 0 amide bonds. The molecule has 0 saturated heterocycles. The summed E-state index contributed by atoms with van der Waals surface area (Å²) in [6.45, 7) is 5.16. The van der Waals surface area contributed by atoms with Gasteiger partial charge < -0.3 is 14.6 Å². The van der Waals surface area contributed by atoms with Gasteiger partial charge in [-0.2, -0.15) is 0 Å². The number of aliphatic hydroxyl groups excluding tert-OH is 1. The largest absolute Gasteiger partial charge is 0.457 e. The van der Waals surface area contributed by atoms with E-state index in [-0.39, 0.29) is 19.2 Å². The highest BCUT2D eigenvalue weighted by molar-refractivity contribution is 5.69. The maximum Gasteiger partial charge on any atom is 0.306 e. The van der Waals surface area contributed by atoms with Crippen LogP contribution in [-0.2, 0) is 14.3 Å². The fourth-order valence-electron chi connectivity index (χ4n) is 4.65. The van der Waals surface area contributed by atoms with Crippen molar-refractivity contribution in [3.63, 3.8) is 0 Å². The number of ether oxygens (including phenoxy) is 2. The average molecular weight is 601 g/mol. The first kappa shape index (κ1) is 41.1. The van der Waals surface area contributed by atoms with Gasteiger partial charge in [0, 0.05) is 13.0 Å². The predicted molar refractivity (Wildman–Crippen MR) is 186 cm³/mol. The Kier molecular flexibility index (Phi) is 34.7. The SMILES string of the molecule is CC/C=C\C/C=C\C/C=C\C/C=C\CCCCCCCCC(=O)OC(CO)COCCCCCCCC/C=C\CCCC. The van der Waals surface area contributed by atoms with E-state index in [0.717, 1.165) is 57.8 Å². The second kappa shape index (κ2) is 36.3. The van der Waals surface area contributed by atoms with Gasteiger partial charge in [0.25, 0.3) is 0 Å². The summed E-state index contributed by atoms with van der Waals surface area (Å²) >= 11 is 0. The van der Waals surface area contributed by atoms with Crippen LogP contribution in [0.2, 0.25) is 0 Å². The fraction of sp³-hybridized carbons (Fsp3) is 0.718. The molecule has 0 aromatic heterocycles. The van der Waals surface area contributed by atoms with E-state index in [1.165, 1.54) is 77.0 Å². The topological polar surface area (TPSA) is 55.8 Å². The Balaban J connectivity index is 3.52. The Morgan fingerprint density at radius 3 is 1.60 bits per heavy atom. The minimum Gasteiger partial charge on any atom is -0.457 e. The first-order chi connectivity index (χ1) is 21.2. The number of hydrogen-bond donors (Lipinski definition) is 1. The maximum absolute atomic E-state index is 12.1. The predicted octanol–water partition coefficient (Wildman–Crippen LogP) is 11.3. The van der Waals surface area contributed by atoms with Crippen LogP contribution in [0.3, 0.4) is 0 Å². The molecule has 4 heteroatoms. The van der Waals surface area contributed by atoms with Crippen molar-refractivity contribution in [1.29, 1.82) is 0 Å². The van der Waals surface area contributed by atoms with Crippen molar-refractivity contribution >= 4 is 5.97 Å². The molecule has 0 rings (SSSR count). The molecule has 0 radical (unpaired) electrons. The normalized spacial score (nSPS) is 13.1. The fourth-order valence-corrected chi connectivity index (χ4v) is 4.65. The third-order valence-corrected chi connectivity index (χ3v) is 7.33. The summed E-state index contributed by atoms with van der Waals surface area (Å²) in [7, 11) is 0. The van der Waals surface area contributed by atoms with Crippen molar-refractivity contribution in [1.82, 2.24) is 0 Å². The van der Waals surface area contributed by atoms with Gasteiger partial charge >= 0.3 is 5.97 Å². The van der Waals surface area contributed by atoms with E-state index in [2.05, 4.69) is 74.6 Å². The van der Waals surface area contributed by atoms with Crippen molar-refractivity contribution in [3.05, 3.63) is 60.8 Å². The van der Waals surface area contributed by atoms with Crippen LogP contribution in [0.15, 0.2) is 60.8 Å². The van der Waals surface area contributed by atoms with Gasteiger partial charge in [-0.25, -0.2) is 0 Å². The molecule has 43 heavy (non-hydrogen) atoms. The molecule has 1 atom stereocenters. The van der Waals surface area contributed by atoms with Crippen molar-refractivity contribution in [3.8, 4) is 0 Å². The molecular formula is C39H68O4. The smallest absolute Gasteiger partial charge is 0.306 e. The van der Waals surface area contributed by atoms with E-state index in [0.29, 0.717) is 13.0 Å². The molecule has 0 aromatic rings. The lowest BCUT2D eigenvalue weighted by Gasteiger charge is -2.15. The molecule has 4 nitrogen and oxygen atoms in total. The number of carbonyl (C=O) groups is 1. The summed E-state index contributed by atoms with van der Waals surface area (Å²) in [5.41, 5.74) is 0. The van der Waals surface area contributed by atoms with Gasteiger partial charge in [0.1, 0.15) is 6.10 Å². The van der Waals surface area contributed by atoms with Crippen molar-refractivity contribution < 1.29 is 19.4 Å². The molecule has 0 spiro atoms. The third kappa shape index (κ3) is 34.4. The highest BCUT2D eigenvalue weighted by Crippen LogP contribution is 2.11. The van der Waals surface area contributed by atoms with E-state index in [1.54, 1.807) is 0 Å². The second-order valence-corrected chi connectivity index (χ2v) is 11.6. The zero-order valence-electron chi connectivity index (χ0n) is 28.2. The highest BCUT2D eigenvalue weighted by atomic mass is 16.6. The van der Waals surface area contributed by atoms with Gasteiger partial charge in [-0.3, -0.25) is 4.79 Å². The monoisotopic (exact) mass is 601 g/mol. The molecule has 0 fully saturated rings. The lowest BCUT2D eigenvalue weighted by atomic mass is 10.1. The standard InChI is InChI=1S/C39H68O4/c1-3-5-7-9-11-13-15-17-18-19-20-21-22-23-24-26-28-30-32-34-39(41)43-38(36-40)37-42-35-33-31-29-27-25-16-14-12-10-8-6-4-2/h5,7,10-13,17-18,20-21,38,40H,3-4,6,8-9,14-16,19,22-37H2,1-2H3/b7-5-,12-10-,13-11-,18-17-,21-20-. The van der Waals surface area contributed by atoms with Crippen LogP contribution < -0.4 is 0 Å². The molecule has 0 heterocycles. The van der Waals surface area contributed by atoms with E-state index in [1.807, 2.05) is 0 Å². The summed E-state index contributed by atoms with van der Waals surface area (Å²) in [5, 5.41) is 9.54. The number of hydrogen-bond acceptors (Lipinski definition) is 4. The molecule has 1 N–H and O–H groups in total. The van der Waals surface area contributed by atoms with Crippen LogP contribution >= 0.6 is 0 Å². The van der Waals surface area contributed by atoms with E-state index < -0.39 is 6.10 Å². The van der Waals surface area contributed by atoms with Crippen LogP contribution in [-0.4, -0.2) is 37.0 Å². The van der Waals surface area contributed by atoms with Crippen LogP contribution in [0.4, 0.5) is 0 Å². The minimum absolute atomic E-state index is 0.183. The molecule has 1 unspecified atom stereocenters. The molecule has 0 aromatic carbocycles. The summed E-state index contributed by atoms with van der Waals surface area (Å²) in [5.74, 6) is -0.220. The zero-order chi connectivity index (χ0) is 31.3. The summed E-state index contributed by atoms with van der Waals surface area (Å²) < 4.78 is 11.1. The van der Waals surface area contributed by atoms with Crippen LogP contribution in [0, 0.1) is 0 Å². The number of unbranched alkanes of at least 4 members (excludes halogenated alkanes) is 14. The van der Waals surface area contributed by atoms with Crippen LogP contribution in [0.1, 0.15) is 155 Å². The van der Waals surface area contributed by atoms with Crippen LogP contribution in [0.5, 0.6) is 0 Å². The van der Waals surface area contributed by atoms with Crippen molar-refractivity contribution in [2.24, 2.45) is 0 Å². The minimum atomic E-state index is -0.545. The Labute approximate surface area is 266 Å². The molecule has 0 aliphatic heterocycles. The molecule has 0 saturated carbocycles. The van der Waals surface area contributed by atoms with Gasteiger partial charge in [-0.1, -0.05) is 139 Å². The third-order valence-electron chi connectivity index (χ3n) is 7.33. The Hall–Kier alpha value is -1.91. The van der Waals surface area contributed by atoms with Crippen LogP contribution in [0.25, 0.3) is 0 Å². The first-order valence-electron chi connectivity index (χ1n) is 17.9. The summed E-state index contributed by atoms with van der Waals surface area (Å²) in [6, 6.07) is 0. The Bertz CT molecular complexity index is 719. The number of allylic oxidation sites excluding steroid dienone is 10. The zero-order valence-corrected chi connectivity index (χ0v) is 28.2. The average Bonchev–Trinajstić information content (AvgIpc) is 3.01. The second-order valence-electron chi connectivity index (χ2n) is 11.6. The number of esters is 1. The molecule has 248 valence electrons. The highest BCUT2D eigenvalue weighted by Gasteiger charge is 2.13. The van der Waals surface area contributed by atoms with Crippen molar-refractivity contribution in [2.75, 3.05) is 19.8 Å². The molecule has 0 bridgehead atoms. The molecular weight excluding hydrogens is 532 g/mol. The maximum atomic E-state index is 12.1. The van der Waals surface area contributed by atoms with E-state index >= 15 is 0 Å². The Morgan fingerprint density at radius 2 is 1.05 bits per heavy atom. The molecule has 0 aliphatic carbocycles. The number of aliphatic hydroxyl groups is 1. The van der Waals surface area contributed by atoms with Gasteiger partial charge in [0.15, 0.2) is 0 Å². The van der Waals surface area contributed by atoms with Gasteiger partial charge in [0.2, 0.25) is 0 Å². The summed E-state index contributed by atoms with van der Waals surface area (Å²) in [6.07, 6.45) is 46.8. The molecule has 0 aliphatic rings. The summed E-state index contributed by atoms with van der Waals surface area (Å²) in [4.78, 5) is 12.1. The van der Waals surface area contributed by atoms with Gasteiger partial charge in [0.05, 0.1) is 13.2 Å². The lowest BCUT2D eigenvalue weighted by molar-refractivity contribution is -0.154. The number of rotatable bonds is 32. The van der Waals surface area contributed by atoms with Gasteiger partial charge in [-0.05, 0) is 70.6 Å². The lowest BCUT2D eigenvalue weighted by Crippen LogP contribution is -2.27. The first-order valence-corrected chi connectivity index (χ1v) is 17.9. The quantitative estimate of drug-likeness (QED) is 0.0474.